The molecular weight excluding hydrogens is 446 g/mol. The smallest absolute Gasteiger partial charge is 0.220 e. The molecule has 36 heavy (non-hydrogen) atoms. The quantitative estimate of drug-likeness (QED) is 0.524. The Hall–Kier alpha value is -2.14. The summed E-state index contributed by atoms with van der Waals surface area (Å²) in [6.45, 7) is 0.855. The van der Waals surface area contributed by atoms with Crippen LogP contribution < -0.4 is 5.32 Å². The Kier molecular flexibility index (Phi) is 5.76. The van der Waals surface area contributed by atoms with Crippen molar-refractivity contribution in [2.75, 3.05) is 6.54 Å². The standard InChI is InChI=1S/C31H41N3O2/c35-29(13-27-24-8-4-5-9-25(24)28-18-32-19-34(27)28)31-14-21-10-22(15-31)26(23(11-21)16-31)17-33-30(36)12-20-6-2-1-3-7-20/h4-5,8-9,18-23,26-27,29,35H,1-3,6-7,10-17H2,(H,33,36). The molecule has 5 saturated carbocycles. The molecule has 8 rings (SSSR count). The maximum absolute atomic E-state index is 12.7. The Morgan fingerprint density at radius 3 is 2.69 bits per heavy atom. The number of hydrogen-bond acceptors (Lipinski definition) is 3. The Morgan fingerprint density at radius 2 is 1.89 bits per heavy atom. The molecule has 1 aromatic carbocycles. The first-order valence-corrected chi connectivity index (χ1v) is 14.7. The molecule has 0 spiro atoms. The third-order valence-electron chi connectivity index (χ3n) is 11.0. The molecule has 192 valence electrons. The normalized spacial score (nSPS) is 35.4. The summed E-state index contributed by atoms with van der Waals surface area (Å²) in [7, 11) is 0. The van der Waals surface area contributed by atoms with Crippen LogP contribution in [-0.4, -0.2) is 33.2 Å². The number of nitrogens with zero attached hydrogens (tertiary/aromatic N) is 2. The third kappa shape index (κ3) is 3.84. The van der Waals surface area contributed by atoms with Crippen LogP contribution in [0.5, 0.6) is 0 Å². The molecular formula is C31H41N3O2. The Balaban J connectivity index is 1.02. The van der Waals surface area contributed by atoms with Gasteiger partial charge in [-0.1, -0.05) is 43.5 Å². The van der Waals surface area contributed by atoms with Gasteiger partial charge in [0.2, 0.25) is 5.91 Å². The lowest BCUT2D eigenvalue weighted by atomic mass is 9.44. The molecule has 5 nitrogen and oxygen atoms in total. The summed E-state index contributed by atoms with van der Waals surface area (Å²) < 4.78 is 2.28. The fourth-order valence-corrected chi connectivity index (χ4v) is 9.53. The lowest BCUT2D eigenvalue weighted by molar-refractivity contribution is -0.150. The summed E-state index contributed by atoms with van der Waals surface area (Å²) in [5, 5.41) is 15.2. The number of imidazole rings is 1. The largest absolute Gasteiger partial charge is 0.392 e. The number of carbonyl (C=O) groups excluding carboxylic acids is 1. The van der Waals surface area contributed by atoms with Gasteiger partial charge >= 0.3 is 0 Å². The van der Waals surface area contributed by atoms with E-state index in [1.54, 1.807) is 0 Å². The molecule has 5 heteroatoms. The van der Waals surface area contributed by atoms with Crippen LogP contribution in [0.4, 0.5) is 0 Å². The number of fused-ring (bicyclic) bond motifs is 3. The van der Waals surface area contributed by atoms with E-state index < -0.39 is 0 Å². The highest BCUT2D eigenvalue weighted by Crippen LogP contribution is 2.64. The van der Waals surface area contributed by atoms with Crippen molar-refractivity contribution in [2.24, 2.45) is 35.0 Å². The van der Waals surface area contributed by atoms with Crippen LogP contribution in [0.2, 0.25) is 0 Å². The van der Waals surface area contributed by atoms with Gasteiger partial charge in [-0.3, -0.25) is 4.79 Å². The van der Waals surface area contributed by atoms with E-state index in [1.165, 1.54) is 68.2 Å². The molecule has 2 aromatic rings. The van der Waals surface area contributed by atoms with E-state index in [4.69, 9.17) is 0 Å². The van der Waals surface area contributed by atoms with Gasteiger partial charge in [-0.05, 0) is 91.9 Å². The second-order valence-electron chi connectivity index (χ2n) is 13.0. The van der Waals surface area contributed by atoms with Crippen molar-refractivity contribution in [1.82, 2.24) is 14.9 Å². The zero-order valence-corrected chi connectivity index (χ0v) is 21.4. The number of nitrogens with one attached hydrogen (secondary N) is 1. The van der Waals surface area contributed by atoms with E-state index >= 15 is 0 Å². The maximum atomic E-state index is 12.7. The van der Waals surface area contributed by atoms with Crippen LogP contribution >= 0.6 is 0 Å². The minimum Gasteiger partial charge on any atom is -0.392 e. The van der Waals surface area contributed by atoms with E-state index in [0.29, 0.717) is 23.7 Å². The van der Waals surface area contributed by atoms with Crippen LogP contribution in [0.15, 0.2) is 36.8 Å². The fraction of sp³-hybridized carbons (Fsp3) is 0.677. The lowest BCUT2D eigenvalue weighted by Crippen LogP contribution is -2.57. The number of carbonyl (C=O) groups is 1. The maximum Gasteiger partial charge on any atom is 0.220 e. The van der Waals surface area contributed by atoms with E-state index in [9.17, 15) is 9.90 Å². The minimum absolute atomic E-state index is 0.0530. The van der Waals surface area contributed by atoms with Gasteiger partial charge < -0.3 is 15.0 Å². The van der Waals surface area contributed by atoms with Crippen molar-refractivity contribution < 1.29 is 9.90 Å². The number of aliphatic hydroxyl groups is 1. The Labute approximate surface area is 215 Å². The molecule has 5 aliphatic carbocycles. The number of amides is 1. The average Bonchev–Trinajstić information content (AvgIpc) is 3.46. The fourth-order valence-electron chi connectivity index (χ4n) is 9.53. The van der Waals surface area contributed by atoms with Gasteiger partial charge in [-0.25, -0.2) is 4.98 Å². The Morgan fingerprint density at radius 1 is 1.11 bits per heavy atom. The molecule has 4 atom stereocenters. The van der Waals surface area contributed by atoms with Crippen LogP contribution in [0.25, 0.3) is 11.3 Å². The Bertz CT molecular complexity index is 1100. The van der Waals surface area contributed by atoms with Gasteiger partial charge in [-0.15, -0.1) is 0 Å². The van der Waals surface area contributed by atoms with Crippen LogP contribution in [0.3, 0.4) is 0 Å². The molecule has 0 saturated heterocycles. The molecule has 6 aliphatic rings. The first kappa shape index (κ1) is 23.0. The van der Waals surface area contributed by atoms with Crippen molar-refractivity contribution in [3.63, 3.8) is 0 Å². The van der Waals surface area contributed by atoms with Crippen molar-refractivity contribution >= 4 is 5.91 Å². The van der Waals surface area contributed by atoms with E-state index in [-0.39, 0.29) is 23.5 Å². The van der Waals surface area contributed by atoms with Crippen molar-refractivity contribution in [2.45, 2.75) is 89.2 Å². The zero-order chi connectivity index (χ0) is 24.3. The molecule has 2 N–H and O–H groups in total. The monoisotopic (exact) mass is 487 g/mol. The van der Waals surface area contributed by atoms with Gasteiger partial charge in [0.05, 0.1) is 30.4 Å². The van der Waals surface area contributed by atoms with E-state index in [1.807, 2.05) is 12.5 Å². The predicted molar refractivity (Wildman–Crippen MR) is 140 cm³/mol. The number of hydrogen-bond donors (Lipinski definition) is 2. The van der Waals surface area contributed by atoms with Crippen molar-refractivity contribution in [1.29, 1.82) is 0 Å². The molecule has 4 bridgehead atoms. The summed E-state index contributed by atoms with van der Waals surface area (Å²) in [5.41, 5.74) is 3.83. The molecule has 1 aromatic heterocycles. The minimum atomic E-state index is -0.293. The van der Waals surface area contributed by atoms with Crippen LogP contribution in [0.1, 0.15) is 88.7 Å². The summed E-state index contributed by atoms with van der Waals surface area (Å²) >= 11 is 0. The molecule has 1 aliphatic heterocycles. The molecule has 5 fully saturated rings. The second-order valence-corrected chi connectivity index (χ2v) is 13.0. The number of aromatic nitrogens is 2. The van der Waals surface area contributed by atoms with Crippen LogP contribution in [-0.2, 0) is 4.79 Å². The summed E-state index contributed by atoms with van der Waals surface area (Å²) in [4.78, 5) is 17.2. The first-order chi connectivity index (χ1) is 17.6. The highest BCUT2D eigenvalue weighted by atomic mass is 16.3. The number of aliphatic hydroxyl groups excluding tert-OH is 1. The SMILES string of the molecule is O=C(CC1CCCCC1)NCC1C2CC3CC1CC(C(O)CC1c4ccccc4-c4cncn41)(C3)C2. The number of benzene rings is 1. The summed E-state index contributed by atoms with van der Waals surface area (Å²) in [6, 6.07) is 8.81. The van der Waals surface area contributed by atoms with Gasteiger partial charge in [0.25, 0.3) is 0 Å². The highest BCUT2D eigenvalue weighted by Gasteiger charge is 2.58. The van der Waals surface area contributed by atoms with Gasteiger partial charge in [0.15, 0.2) is 0 Å². The lowest BCUT2D eigenvalue weighted by Gasteiger charge is -2.61. The van der Waals surface area contributed by atoms with Gasteiger partial charge in [0, 0.05) is 18.5 Å². The molecule has 2 heterocycles. The van der Waals surface area contributed by atoms with Gasteiger partial charge in [-0.2, -0.15) is 0 Å². The van der Waals surface area contributed by atoms with Crippen molar-refractivity contribution in [3.05, 3.63) is 42.4 Å². The van der Waals surface area contributed by atoms with Crippen LogP contribution in [0, 0.1) is 35.0 Å². The second kappa shape index (κ2) is 9.01. The highest BCUT2D eigenvalue weighted by molar-refractivity contribution is 5.76. The van der Waals surface area contributed by atoms with Crippen molar-refractivity contribution in [3.8, 4) is 11.3 Å². The predicted octanol–water partition coefficient (Wildman–Crippen LogP) is 5.73. The first-order valence-electron chi connectivity index (χ1n) is 14.7. The topological polar surface area (TPSA) is 67.2 Å². The van der Waals surface area contributed by atoms with E-state index in [2.05, 4.69) is 39.1 Å². The van der Waals surface area contributed by atoms with E-state index in [0.717, 1.165) is 38.1 Å². The molecule has 0 radical (unpaired) electrons. The third-order valence-corrected chi connectivity index (χ3v) is 11.0. The molecule has 1 amide bonds. The average molecular weight is 488 g/mol. The molecule has 4 unspecified atom stereocenters. The summed E-state index contributed by atoms with van der Waals surface area (Å²) in [5.74, 6) is 3.55. The summed E-state index contributed by atoms with van der Waals surface area (Å²) in [6.07, 6.45) is 17.6. The van der Waals surface area contributed by atoms with Gasteiger partial charge in [0.1, 0.15) is 0 Å². The number of rotatable bonds is 7. The zero-order valence-electron chi connectivity index (χ0n) is 21.4.